The Kier molecular flexibility index (Phi) is 38.2. The molecule has 19 rings (SSSR count). The predicted octanol–water partition coefficient (Wildman–Crippen LogP) is 18.0. The number of carbonyl (C=O) groups excluding carboxylic acids is 9. The molecule has 6 bridgehead atoms. The first-order valence-electron chi connectivity index (χ1n) is 53.1. The van der Waals surface area contributed by atoms with Crippen molar-refractivity contribution in [3.8, 4) is 34.9 Å². The zero-order valence-electron chi connectivity index (χ0n) is 86.9. The summed E-state index contributed by atoms with van der Waals surface area (Å²) in [6, 6.07) is 11.5. The molecule has 13 aliphatic rings. The van der Waals surface area contributed by atoms with E-state index in [4.69, 9.17) is 56.8 Å². The van der Waals surface area contributed by atoms with E-state index in [-0.39, 0.29) is 196 Å². The number of benzene rings is 3. The van der Waals surface area contributed by atoms with Gasteiger partial charge < -0.3 is 85.9 Å². The van der Waals surface area contributed by atoms with Crippen LogP contribution in [0.1, 0.15) is 271 Å². The monoisotopic (exact) mass is 2190 g/mol. The summed E-state index contributed by atoms with van der Waals surface area (Å²) in [6.45, 7) is 16.0. The largest absolute Gasteiger partial charge is 0.540 e. The number of hydrogen-bond acceptors (Lipinski definition) is 27. The second kappa shape index (κ2) is 49.1. The average Bonchev–Trinajstić information content (AvgIpc) is 1.71. The van der Waals surface area contributed by atoms with E-state index >= 15 is 26.3 Å². The van der Waals surface area contributed by atoms with Crippen molar-refractivity contribution in [2.24, 2.45) is 81.3 Å². The van der Waals surface area contributed by atoms with E-state index in [0.717, 1.165) is 38.5 Å². The maximum atomic E-state index is 16.2. The number of methoxy groups -OCH3 is 3. The van der Waals surface area contributed by atoms with Gasteiger partial charge in [-0.1, -0.05) is 98.2 Å². The van der Waals surface area contributed by atoms with Gasteiger partial charge in [0.15, 0.2) is 17.1 Å². The minimum Gasteiger partial charge on any atom is -0.540 e. The number of hydrogen-bond donors (Lipinski definition) is 0. The van der Waals surface area contributed by atoms with E-state index in [9.17, 15) is 43.2 Å². The molecule has 3 amide bonds. The van der Waals surface area contributed by atoms with E-state index in [2.05, 4.69) is 48.8 Å². The molecule has 6 saturated heterocycles. The molecule has 2 unspecified atom stereocenters. The summed E-state index contributed by atoms with van der Waals surface area (Å²) in [6.07, 6.45) is 16.9. The third kappa shape index (κ3) is 25.1. The van der Waals surface area contributed by atoms with Crippen molar-refractivity contribution in [3.63, 3.8) is 0 Å². The zero-order chi connectivity index (χ0) is 104. The van der Waals surface area contributed by atoms with Gasteiger partial charge >= 0.3 is 17.9 Å². The average molecular weight is 2190 g/mol. The SMILES string of the molecule is CC[C@@H]1[C@@H]2CN(C(=O)[C@H](C3(C)CCOCC3)CC(=O)O[C@@H]3CC4CC4[C@H]3CCCCC(F)(F)c3nc4ccc(OC)cc4nc3O2)[C@@H]1[C-]=O.CC[C@@H]1[C@@H]2CN(C(=O)[C@H](C3(C)CCOCC3)CC(=O)O[C@@H]3CCC[C@H]3CCCCC(F)(F)c3nc4ccc(OC)cc4nc3O2)[C@@H]1[C-]=O.CC[C@@H]1[C@@H]2CN(C(=O)[C@H](C3(C)CCOCC3)CC(=O)O[C@]3(C)CCC[C@H]3CCCCC(F)(F)c3nc4ccc(OC)cc4nc3O2)[C@@H]1[C-]=O.[V].[V].[V]. The number of ether oxygens (including phenoxy) is 12. The summed E-state index contributed by atoms with van der Waals surface area (Å²) in [4.78, 5) is 154. The van der Waals surface area contributed by atoms with E-state index in [1.807, 2.05) is 48.5 Å². The number of nitrogens with zero attached hydrogens (tertiary/aromatic N) is 9. The number of carbonyl (C=O) groups is 6. The molecule has 0 spiro atoms. The fraction of sp³-hybridized carbons (Fsp3) is 0.700. The topological polar surface area (TPSA) is 351 Å². The summed E-state index contributed by atoms with van der Waals surface area (Å²) in [5.74, 6) is -14.8. The second-order valence-corrected chi connectivity index (χ2v) is 44.1. The van der Waals surface area contributed by atoms with Crippen LogP contribution in [0.4, 0.5) is 26.3 Å². The minimum atomic E-state index is -3.37. The van der Waals surface area contributed by atoms with Gasteiger partial charge in [-0.25, -0.2) is 48.8 Å². The predicted molar refractivity (Wildman–Crippen MR) is 521 cm³/mol. The van der Waals surface area contributed by atoms with Crippen LogP contribution in [0.15, 0.2) is 54.6 Å². The quantitative estimate of drug-likeness (QED) is 0.0475. The van der Waals surface area contributed by atoms with Crippen molar-refractivity contribution in [2.45, 2.75) is 326 Å². The molecular formula is C110H140F6N9O21V3-3. The fourth-order valence-electron chi connectivity index (χ4n) is 25.9. The molecule has 3 radical (unpaired) electrons. The number of rotatable bonds is 12. The van der Waals surface area contributed by atoms with E-state index in [1.165, 1.54) is 36.0 Å². The molecule has 811 valence electrons. The number of aromatic nitrogens is 6. The maximum absolute atomic E-state index is 16.2. The van der Waals surface area contributed by atoms with Crippen LogP contribution in [0.2, 0.25) is 0 Å². The molecule has 3 aromatic carbocycles. The van der Waals surface area contributed by atoms with Crippen LogP contribution < -0.4 is 28.4 Å². The van der Waals surface area contributed by atoms with Gasteiger partial charge in [-0.15, -0.1) is 0 Å². The summed E-state index contributed by atoms with van der Waals surface area (Å²) < 4.78 is 167. The van der Waals surface area contributed by atoms with Crippen LogP contribution in [0.3, 0.4) is 0 Å². The van der Waals surface area contributed by atoms with Crippen LogP contribution in [0.25, 0.3) is 33.1 Å². The molecule has 39 heteroatoms. The smallest absolute Gasteiger partial charge is 0.307 e. The molecule has 12 heterocycles. The molecule has 10 fully saturated rings. The maximum Gasteiger partial charge on any atom is 0.307 e. The molecular weight excluding hydrogens is 2050 g/mol. The third-order valence-corrected chi connectivity index (χ3v) is 35.2. The Bertz CT molecular complexity index is 5620. The minimum absolute atomic E-state index is 0. The van der Waals surface area contributed by atoms with Crippen LogP contribution >= 0.6 is 0 Å². The number of fused-ring (bicyclic) bond motifs is 17. The van der Waals surface area contributed by atoms with E-state index in [0.29, 0.717) is 194 Å². The first-order chi connectivity index (χ1) is 70.0. The second-order valence-electron chi connectivity index (χ2n) is 44.1. The van der Waals surface area contributed by atoms with Crippen LogP contribution in [0.5, 0.6) is 34.9 Å². The zero-order valence-corrected chi connectivity index (χ0v) is 91.1. The molecule has 4 aliphatic carbocycles. The Morgan fingerprint density at radius 1 is 0.362 bits per heavy atom. The van der Waals surface area contributed by atoms with E-state index < -0.39 is 166 Å². The van der Waals surface area contributed by atoms with Crippen molar-refractivity contribution >= 4 is 87.6 Å². The molecule has 9 aliphatic heterocycles. The Hall–Kier alpha value is -8.48. The summed E-state index contributed by atoms with van der Waals surface area (Å²) in [5.41, 5.74) is -2.36. The summed E-state index contributed by atoms with van der Waals surface area (Å²) in [5, 5.41) is 0. The molecule has 20 atom stereocenters. The van der Waals surface area contributed by atoms with Gasteiger partial charge in [0.1, 0.15) is 53.4 Å². The molecule has 6 aromatic rings. The van der Waals surface area contributed by atoms with Crippen molar-refractivity contribution in [2.75, 3.05) is 80.6 Å². The van der Waals surface area contributed by atoms with Gasteiger partial charge in [-0.3, -0.25) is 28.8 Å². The van der Waals surface area contributed by atoms with Gasteiger partial charge in [0.25, 0.3) is 17.8 Å². The first kappa shape index (κ1) is 116. The van der Waals surface area contributed by atoms with Crippen LogP contribution in [0, 0.1) is 81.3 Å². The van der Waals surface area contributed by atoms with Crippen molar-refractivity contribution in [1.82, 2.24) is 44.6 Å². The fourth-order valence-corrected chi connectivity index (χ4v) is 25.9. The van der Waals surface area contributed by atoms with Gasteiger partial charge in [-0.2, -0.15) is 26.3 Å². The van der Waals surface area contributed by atoms with Crippen molar-refractivity contribution in [1.29, 1.82) is 0 Å². The Morgan fingerprint density at radius 2 is 0.705 bits per heavy atom. The van der Waals surface area contributed by atoms with Crippen LogP contribution in [-0.2, 0) is 145 Å². The van der Waals surface area contributed by atoms with Gasteiger partial charge in [0, 0.05) is 133 Å². The van der Waals surface area contributed by atoms with Gasteiger partial charge in [0.05, 0.1) is 111 Å². The number of alkyl halides is 6. The molecule has 0 N–H and O–H groups in total. The number of esters is 3. The first-order valence-corrected chi connectivity index (χ1v) is 53.1. The summed E-state index contributed by atoms with van der Waals surface area (Å²) >= 11 is 0. The standard InChI is InChI=1S/C37H46F2N3O7.C37H48F2N3O7.C36H46F2N3O7.3V/c1-4-23-29(20-43)42-19-31(23)49-34-33(40-27-9-8-22(46-3)17-28(27)41-34)37(38,39)10-6-5-7-24-25-15-21(25)16-30(24)48-32(44)18-26(35(42)45)36(2)11-13-47-14-12-36;1-5-25-29(22-43)42-21-30(25)48-33-32(40-27-12-11-24(46-4)19-28(27)41-33)37(38,39)14-7-6-9-23-10-8-13-36(23,3)49-31(44)20-26(34(42)45)35(2)15-17-47-18-16-35;1-4-24-28(21-42)41-20-30(24)48-33-32(39-26-12-11-23(45-3)18-27(26)40-33)36(37,38)13-6-5-8-22-9-7-10-29(22)47-31(43)19-25(34(41)44)35(2)14-16-46-17-15-35;;;/h8-9,17,21,23-26,29-31H,4-7,10-16,18-19H2,1-3H3;11-12,19,23,25-26,29-30H,5-10,13-18,20-21H2,1-4H3;11-12,18,22,24-25,28-30H,4-10,13-17,19-20H2,1-3H3;;;/q3*-1;;;/t21?,23-,24+,25?,26+,29+,30+,31-;23-,25+,26-,29-,30+,36-;22-,24+,25-,28-,29-,30+;;;/m011.../s1. The van der Waals surface area contributed by atoms with Crippen molar-refractivity contribution < 1.29 is 182 Å². The number of amides is 3. The third-order valence-electron chi connectivity index (χ3n) is 35.2. The van der Waals surface area contributed by atoms with Crippen molar-refractivity contribution in [3.05, 3.63) is 71.7 Å². The normalized spacial score (nSPS) is 32.0. The Morgan fingerprint density at radius 3 is 1.07 bits per heavy atom. The summed E-state index contributed by atoms with van der Waals surface area (Å²) in [7, 11) is 4.51. The molecule has 4 saturated carbocycles. The number of halogens is 6. The van der Waals surface area contributed by atoms with Gasteiger partial charge in [0.2, 0.25) is 35.4 Å². The van der Waals surface area contributed by atoms with Gasteiger partial charge in [-0.05, 0) is 235 Å². The molecule has 149 heavy (non-hydrogen) atoms. The molecule has 30 nitrogen and oxygen atoms in total. The molecule has 3 aromatic heterocycles. The Balaban J connectivity index is 0.000000174. The van der Waals surface area contributed by atoms with Crippen LogP contribution in [-0.4, -0.2) is 234 Å². The van der Waals surface area contributed by atoms with E-state index in [1.54, 1.807) is 54.6 Å². The Labute approximate surface area is 902 Å².